The van der Waals surface area contributed by atoms with Crippen LogP contribution in [0, 0.1) is 24.6 Å². The van der Waals surface area contributed by atoms with Crippen LogP contribution >= 0.6 is 0 Å². The van der Waals surface area contributed by atoms with Crippen LogP contribution in [-0.4, -0.2) is 17.4 Å². The van der Waals surface area contributed by atoms with Crippen molar-refractivity contribution in [3.63, 3.8) is 0 Å². The lowest BCUT2D eigenvalue weighted by Gasteiger charge is -2.07. The highest BCUT2D eigenvalue weighted by Gasteiger charge is 2.11. The Bertz CT molecular complexity index is 732. The molecule has 0 aliphatic carbocycles. The number of hydrogen-bond acceptors (Lipinski definition) is 3. The predicted octanol–water partition coefficient (Wildman–Crippen LogP) is 2.09. The Labute approximate surface area is 122 Å². The fourth-order valence-electron chi connectivity index (χ4n) is 1.75. The summed E-state index contributed by atoms with van der Waals surface area (Å²) in [6, 6.07) is 7.83. The number of carbonyl (C=O) groups excluding carboxylic acids is 1. The van der Waals surface area contributed by atoms with Gasteiger partial charge in [-0.2, -0.15) is 0 Å². The summed E-state index contributed by atoms with van der Waals surface area (Å²) in [5, 5.41) is 2.61. The molecule has 0 aliphatic rings. The lowest BCUT2D eigenvalue weighted by Crippen LogP contribution is -2.15. The number of benzene rings is 1. The standard InChI is InChI=1S/C16H14FN3O/c1-11-4-3-9-19-15(11)16(21)20-13-7-6-12(5-2-8-18)14(17)10-13/h3-4,6-7,9-10H,8,18H2,1H3,(H,20,21). The van der Waals surface area contributed by atoms with Gasteiger partial charge in [-0.3, -0.25) is 9.78 Å². The highest BCUT2D eigenvalue weighted by molar-refractivity contribution is 6.03. The molecule has 2 aromatic rings. The van der Waals surface area contributed by atoms with E-state index in [2.05, 4.69) is 22.1 Å². The second kappa shape index (κ2) is 6.64. The Morgan fingerprint density at radius 1 is 1.43 bits per heavy atom. The zero-order valence-corrected chi connectivity index (χ0v) is 11.5. The van der Waals surface area contributed by atoms with E-state index in [-0.39, 0.29) is 18.0 Å². The molecule has 1 heterocycles. The summed E-state index contributed by atoms with van der Waals surface area (Å²) < 4.78 is 13.8. The number of aromatic nitrogens is 1. The molecular weight excluding hydrogens is 269 g/mol. The first-order chi connectivity index (χ1) is 10.1. The molecule has 3 N–H and O–H groups in total. The fraction of sp³-hybridized carbons (Fsp3) is 0.125. The van der Waals surface area contributed by atoms with E-state index < -0.39 is 5.82 Å². The van der Waals surface area contributed by atoms with Crippen molar-refractivity contribution >= 4 is 11.6 Å². The molecule has 1 aromatic heterocycles. The number of amides is 1. The topological polar surface area (TPSA) is 68.0 Å². The van der Waals surface area contributed by atoms with Crippen LogP contribution in [0.3, 0.4) is 0 Å². The molecule has 0 fully saturated rings. The first-order valence-electron chi connectivity index (χ1n) is 6.33. The summed E-state index contributed by atoms with van der Waals surface area (Å²) in [5.41, 5.74) is 6.89. The number of anilines is 1. The number of halogens is 1. The summed E-state index contributed by atoms with van der Waals surface area (Å²) in [4.78, 5) is 16.1. The van der Waals surface area contributed by atoms with Gasteiger partial charge in [-0.1, -0.05) is 17.9 Å². The number of carbonyl (C=O) groups is 1. The van der Waals surface area contributed by atoms with Gasteiger partial charge in [-0.15, -0.1) is 0 Å². The van der Waals surface area contributed by atoms with Crippen molar-refractivity contribution in [2.75, 3.05) is 11.9 Å². The predicted molar refractivity (Wildman–Crippen MR) is 79.3 cm³/mol. The Morgan fingerprint density at radius 2 is 2.24 bits per heavy atom. The minimum Gasteiger partial charge on any atom is -0.321 e. The van der Waals surface area contributed by atoms with Gasteiger partial charge in [0.25, 0.3) is 5.91 Å². The van der Waals surface area contributed by atoms with Crippen LogP contribution in [0.15, 0.2) is 36.5 Å². The van der Waals surface area contributed by atoms with E-state index in [0.29, 0.717) is 11.4 Å². The number of nitrogens with one attached hydrogen (secondary N) is 1. The third-order valence-corrected chi connectivity index (χ3v) is 2.78. The quantitative estimate of drug-likeness (QED) is 0.829. The van der Waals surface area contributed by atoms with Gasteiger partial charge in [0.15, 0.2) is 0 Å². The summed E-state index contributed by atoms with van der Waals surface area (Å²) in [6.07, 6.45) is 1.54. The van der Waals surface area contributed by atoms with Crippen LogP contribution in [-0.2, 0) is 0 Å². The van der Waals surface area contributed by atoms with E-state index >= 15 is 0 Å². The number of hydrogen-bond donors (Lipinski definition) is 2. The largest absolute Gasteiger partial charge is 0.321 e. The number of rotatable bonds is 2. The first kappa shape index (κ1) is 14.7. The molecule has 0 saturated heterocycles. The van der Waals surface area contributed by atoms with Gasteiger partial charge in [0.1, 0.15) is 11.5 Å². The maximum atomic E-state index is 13.8. The van der Waals surface area contributed by atoms with Gasteiger partial charge in [-0.25, -0.2) is 4.39 Å². The summed E-state index contributed by atoms with van der Waals surface area (Å²) in [6.45, 7) is 1.95. The maximum Gasteiger partial charge on any atom is 0.274 e. The third-order valence-electron chi connectivity index (χ3n) is 2.78. The molecule has 5 heteroatoms. The zero-order valence-electron chi connectivity index (χ0n) is 11.5. The average Bonchev–Trinajstić information content (AvgIpc) is 2.47. The van der Waals surface area contributed by atoms with Gasteiger partial charge >= 0.3 is 0 Å². The van der Waals surface area contributed by atoms with E-state index in [1.54, 1.807) is 25.1 Å². The second-order valence-corrected chi connectivity index (χ2v) is 4.32. The van der Waals surface area contributed by atoms with Crippen LogP contribution in [0.5, 0.6) is 0 Å². The van der Waals surface area contributed by atoms with Gasteiger partial charge < -0.3 is 11.1 Å². The van der Waals surface area contributed by atoms with Gasteiger partial charge in [-0.05, 0) is 36.8 Å². The first-order valence-corrected chi connectivity index (χ1v) is 6.33. The van der Waals surface area contributed by atoms with Crippen molar-refractivity contribution in [2.45, 2.75) is 6.92 Å². The Kier molecular flexibility index (Phi) is 4.64. The summed E-state index contributed by atoms with van der Waals surface area (Å²) >= 11 is 0. The Balaban J connectivity index is 2.19. The summed E-state index contributed by atoms with van der Waals surface area (Å²) in [5.74, 6) is 4.31. The van der Waals surface area contributed by atoms with Crippen LogP contribution in [0.4, 0.5) is 10.1 Å². The molecule has 4 nitrogen and oxygen atoms in total. The molecular formula is C16H14FN3O. The van der Waals surface area contributed by atoms with Crippen LogP contribution < -0.4 is 11.1 Å². The van der Waals surface area contributed by atoms with Gasteiger partial charge in [0, 0.05) is 11.9 Å². The molecule has 21 heavy (non-hydrogen) atoms. The average molecular weight is 283 g/mol. The smallest absolute Gasteiger partial charge is 0.274 e. The molecule has 0 radical (unpaired) electrons. The molecule has 2 rings (SSSR count). The lowest BCUT2D eigenvalue weighted by molar-refractivity contribution is 0.102. The van der Waals surface area contributed by atoms with Gasteiger partial charge in [0.05, 0.1) is 12.1 Å². The third kappa shape index (κ3) is 3.65. The normalized spacial score (nSPS) is 9.67. The number of aryl methyl sites for hydroxylation is 1. The summed E-state index contributed by atoms with van der Waals surface area (Å²) in [7, 11) is 0. The molecule has 0 unspecified atom stereocenters. The minimum absolute atomic E-state index is 0.164. The molecule has 0 bridgehead atoms. The lowest BCUT2D eigenvalue weighted by atomic mass is 10.1. The number of nitrogens with two attached hydrogens (primary N) is 1. The van der Waals surface area contributed by atoms with Crippen LogP contribution in [0.1, 0.15) is 21.6 Å². The molecule has 0 spiro atoms. The SMILES string of the molecule is Cc1cccnc1C(=O)Nc1ccc(C#CCN)c(F)c1. The van der Waals surface area contributed by atoms with Crippen LogP contribution in [0.25, 0.3) is 0 Å². The van der Waals surface area contributed by atoms with E-state index in [0.717, 1.165) is 5.56 Å². The van der Waals surface area contributed by atoms with Crippen molar-refractivity contribution in [3.05, 3.63) is 59.2 Å². The Morgan fingerprint density at radius 3 is 2.90 bits per heavy atom. The maximum absolute atomic E-state index is 13.8. The monoisotopic (exact) mass is 283 g/mol. The van der Waals surface area contributed by atoms with Gasteiger partial charge in [0.2, 0.25) is 0 Å². The number of pyridine rings is 1. The molecule has 106 valence electrons. The van der Waals surface area contributed by atoms with Crippen molar-refractivity contribution < 1.29 is 9.18 Å². The Hall–Kier alpha value is -2.71. The molecule has 1 aromatic carbocycles. The highest BCUT2D eigenvalue weighted by Crippen LogP contribution is 2.15. The molecule has 1 amide bonds. The zero-order chi connectivity index (χ0) is 15.2. The molecule has 0 saturated carbocycles. The van der Waals surface area contributed by atoms with E-state index in [1.165, 1.54) is 18.3 Å². The second-order valence-electron chi connectivity index (χ2n) is 4.32. The van der Waals surface area contributed by atoms with E-state index in [1.807, 2.05) is 0 Å². The minimum atomic E-state index is -0.508. The van der Waals surface area contributed by atoms with E-state index in [4.69, 9.17) is 5.73 Å². The van der Waals surface area contributed by atoms with Crippen molar-refractivity contribution in [3.8, 4) is 11.8 Å². The van der Waals surface area contributed by atoms with Crippen molar-refractivity contribution in [1.82, 2.24) is 4.98 Å². The van der Waals surface area contributed by atoms with Crippen molar-refractivity contribution in [2.24, 2.45) is 5.73 Å². The van der Waals surface area contributed by atoms with Crippen molar-refractivity contribution in [1.29, 1.82) is 0 Å². The van der Waals surface area contributed by atoms with E-state index in [9.17, 15) is 9.18 Å². The van der Waals surface area contributed by atoms with Crippen LogP contribution in [0.2, 0.25) is 0 Å². The fourth-order valence-corrected chi connectivity index (χ4v) is 1.75. The molecule has 0 atom stereocenters. The number of nitrogens with zero attached hydrogens (tertiary/aromatic N) is 1. The molecule has 0 aliphatic heterocycles. The highest BCUT2D eigenvalue weighted by atomic mass is 19.1.